The smallest absolute Gasteiger partial charge is 0.326 e. The maximum Gasteiger partial charge on any atom is 0.326 e. The quantitative estimate of drug-likeness (QED) is 0.306. The summed E-state index contributed by atoms with van der Waals surface area (Å²) < 4.78 is 18.7. The molecule has 0 bridgehead atoms. The van der Waals surface area contributed by atoms with Crippen LogP contribution in [0.1, 0.15) is 17.0 Å². The lowest BCUT2D eigenvalue weighted by Crippen LogP contribution is -2.42. The van der Waals surface area contributed by atoms with Gasteiger partial charge < -0.3 is 15.4 Å². The number of hydrogen-bond acceptors (Lipinski definition) is 3. The number of rotatable bonds is 9. The summed E-state index contributed by atoms with van der Waals surface area (Å²) in [6.07, 6.45) is 0. The summed E-state index contributed by atoms with van der Waals surface area (Å²) in [6.45, 7) is 0.373. The van der Waals surface area contributed by atoms with E-state index in [2.05, 4.69) is 10.6 Å². The lowest BCUT2D eigenvalue weighted by molar-refractivity contribution is -0.121. The molecule has 0 spiro atoms. The average Bonchev–Trinajstić information content (AvgIpc) is 2.93. The summed E-state index contributed by atoms with van der Waals surface area (Å²) in [5, 5.41) is 5.82. The van der Waals surface area contributed by atoms with Gasteiger partial charge in [0.2, 0.25) is 5.91 Å². The van der Waals surface area contributed by atoms with Crippen LogP contribution in [0.2, 0.25) is 0 Å². The highest BCUT2D eigenvalue weighted by Crippen LogP contribution is 2.25. The van der Waals surface area contributed by atoms with Gasteiger partial charge in [-0.2, -0.15) is 0 Å². The number of methoxy groups -OCH3 is 1. The van der Waals surface area contributed by atoms with Crippen molar-refractivity contribution < 1.29 is 18.7 Å². The van der Waals surface area contributed by atoms with E-state index in [4.69, 9.17) is 4.74 Å². The molecule has 0 heterocycles. The van der Waals surface area contributed by atoms with Crippen molar-refractivity contribution in [1.82, 2.24) is 5.32 Å². The van der Waals surface area contributed by atoms with Crippen LogP contribution in [-0.4, -0.2) is 32.1 Å². The van der Waals surface area contributed by atoms with E-state index in [0.717, 1.165) is 11.1 Å². The van der Waals surface area contributed by atoms with Crippen molar-refractivity contribution in [2.45, 2.75) is 5.92 Å². The third kappa shape index (κ3) is 6.73. The van der Waals surface area contributed by atoms with Gasteiger partial charge in [0.1, 0.15) is 11.6 Å². The largest absolute Gasteiger partial charge is 0.497 e. The summed E-state index contributed by atoms with van der Waals surface area (Å²) >= 11 is 0. The Morgan fingerprint density at radius 2 is 1.38 bits per heavy atom. The van der Waals surface area contributed by atoms with Crippen molar-refractivity contribution in [3.63, 3.8) is 0 Å². The van der Waals surface area contributed by atoms with Crippen molar-refractivity contribution in [3.8, 4) is 5.75 Å². The van der Waals surface area contributed by atoms with E-state index in [-0.39, 0.29) is 19.0 Å². The molecule has 0 atom stereocenters. The fourth-order valence-corrected chi connectivity index (χ4v) is 4.01. The van der Waals surface area contributed by atoms with E-state index in [1.54, 1.807) is 31.4 Å². The number of anilines is 2. The number of nitrogens with zero attached hydrogens (tertiary/aromatic N) is 1. The summed E-state index contributed by atoms with van der Waals surface area (Å²) in [5.74, 6) is -0.398. The minimum atomic E-state index is -0.491. The number of urea groups is 1. The second-order valence-electron chi connectivity index (χ2n) is 8.33. The van der Waals surface area contributed by atoms with E-state index in [9.17, 15) is 14.0 Å². The van der Waals surface area contributed by atoms with Crippen LogP contribution in [0.3, 0.4) is 0 Å². The number of nitrogens with one attached hydrogen (secondary N) is 2. The molecule has 0 saturated carbocycles. The topological polar surface area (TPSA) is 70.7 Å². The van der Waals surface area contributed by atoms with E-state index >= 15 is 0 Å². The van der Waals surface area contributed by atoms with Gasteiger partial charge in [-0.05, 0) is 59.7 Å². The molecule has 0 aliphatic carbocycles. The van der Waals surface area contributed by atoms with Gasteiger partial charge in [0.15, 0.2) is 0 Å². The normalized spacial score (nSPS) is 10.6. The lowest BCUT2D eigenvalue weighted by Gasteiger charge is -2.24. The van der Waals surface area contributed by atoms with Crippen LogP contribution in [0, 0.1) is 5.82 Å². The Kier molecular flexibility index (Phi) is 8.49. The standard InChI is InChI=1S/C30H28FN3O3/c1-37-27-18-14-25(15-19-27)33-30(36)34(26-16-12-24(31)13-17-26)21-20-32-29(35)28(22-8-4-2-5-9-22)23-10-6-3-7-11-23/h2-19,28H,20-21H2,1H3,(H,32,35)(H,33,36). The molecule has 0 aliphatic rings. The fourth-order valence-electron chi connectivity index (χ4n) is 4.01. The predicted molar refractivity (Wildman–Crippen MR) is 143 cm³/mol. The maximum absolute atomic E-state index is 13.6. The highest BCUT2D eigenvalue weighted by molar-refractivity contribution is 6.01. The molecule has 4 aromatic rings. The molecular weight excluding hydrogens is 469 g/mol. The Bertz CT molecular complexity index is 1260. The van der Waals surface area contributed by atoms with Gasteiger partial charge in [-0.15, -0.1) is 0 Å². The van der Waals surface area contributed by atoms with Crippen LogP contribution in [0.15, 0.2) is 109 Å². The Balaban J connectivity index is 1.48. The SMILES string of the molecule is COc1ccc(NC(=O)N(CCNC(=O)C(c2ccccc2)c2ccccc2)c2ccc(F)cc2)cc1. The molecule has 37 heavy (non-hydrogen) atoms. The number of benzene rings is 4. The maximum atomic E-state index is 13.6. The molecular formula is C30H28FN3O3. The van der Waals surface area contributed by atoms with Crippen LogP contribution in [-0.2, 0) is 4.79 Å². The van der Waals surface area contributed by atoms with E-state index < -0.39 is 17.8 Å². The van der Waals surface area contributed by atoms with Crippen LogP contribution < -0.4 is 20.3 Å². The third-order valence-corrected chi connectivity index (χ3v) is 5.89. The minimum Gasteiger partial charge on any atom is -0.497 e. The van der Waals surface area contributed by atoms with Crippen LogP contribution in [0.4, 0.5) is 20.6 Å². The Labute approximate surface area is 215 Å². The molecule has 3 amide bonds. The fraction of sp³-hybridized carbons (Fsp3) is 0.133. The summed E-state index contributed by atoms with van der Waals surface area (Å²) in [7, 11) is 1.57. The molecule has 4 rings (SSSR count). The van der Waals surface area contributed by atoms with Crippen LogP contribution >= 0.6 is 0 Å². The molecule has 0 fully saturated rings. The highest BCUT2D eigenvalue weighted by Gasteiger charge is 2.23. The van der Waals surface area contributed by atoms with E-state index in [0.29, 0.717) is 17.1 Å². The van der Waals surface area contributed by atoms with E-state index in [1.165, 1.54) is 29.2 Å². The zero-order valence-corrected chi connectivity index (χ0v) is 20.4. The zero-order chi connectivity index (χ0) is 26.0. The molecule has 0 aromatic heterocycles. The number of carbonyl (C=O) groups excluding carboxylic acids is 2. The Hall–Kier alpha value is -4.65. The first-order chi connectivity index (χ1) is 18.0. The number of ether oxygens (including phenoxy) is 1. The number of hydrogen-bond donors (Lipinski definition) is 2. The van der Waals surface area contributed by atoms with E-state index in [1.807, 2.05) is 60.7 Å². The van der Waals surface area contributed by atoms with Crippen molar-refractivity contribution in [2.24, 2.45) is 0 Å². The third-order valence-electron chi connectivity index (χ3n) is 5.89. The van der Waals surface area contributed by atoms with Gasteiger partial charge in [0.25, 0.3) is 0 Å². The summed E-state index contributed by atoms with van der Waals surface area (Å²) in [5.41, 5.74) is 2.83. The minimum absolute atomic E-state index is 0.174. The van der Waals surface area contributed by atoms with Gasteiger partial charge in [0.05, 0.1) is 13.0 Å². The highest BCUT2D eigenvalue weighted by atomic mass is 19.1. The molecule has 0 radical (unpaired) electrons. The number of carbonyl (C=O) groups is 2. The Morgan fingerprint density at radius 1 is 0.811 bits per heavy atom. The molecule has 6 nitrogen and oxygen atoms in total. The first kappa shape index (κ1) is 25.4. The Morgan fingerprint density at radius 3 is 1.92 bits per heavy atom. The van der Waals surface area contributed by atoms with Gasteiger partial charge in [-0.25, -0.2) is 9.18 Å². The van der Waals surface area contributed by atoms with Gasteiger partial charge in [-0.1, -0.05) is 60.7 Å². The number of halogens is 1. The van der Waals surface area contributed by atoms with Crippen LogP contribution in [0.5, 0.6) is 5.75 Å². The molecule has 0 aliphatic heterocycles. The average molecular weight is 498 g/mol. The second-order valence-corrected chi connectivity index (χ2v) is 8.33. The van der Waals surface area contributed by atoms with Crippen molar-refractivity contribution in [1.29, 1.82) is 0 Å². The monoisotopic (exact) mass is 497 g/mol. The van der Waals surface area contributed by atoms with Crippen molar-refractivity contribution in [3.05, 3.63) is 126 Å². The van der Waals surface area contributed by atoms with Crippen LogP contribution in [0.25, 0.3) is 0 Å². The molecule has 0 unspecified atom stereocenters. The summed E-state index contributed by atoms with van der Waals surface area (Å²) in [6, 6.07) is 31.3. The van der Waals surface area contributed by atoms with Gasteiger partial charge in [-0.3, -0.25) is 9.69 Å². The second kappa shape index (κ2) is 12.4. The number of amides is 3. The van der Waals surface area contributed by atoms with Crippen molar-refractivity contribution >= 4 is 23.3 Å². The molecule has 2 N–H and O–H groups in total. The molecule has 4 aromatic carbocycles. The summed E-state index contributed by atoms with van der Waals surface area (Å²) in [4.78, 5) is 28.0. The molecule has 0 saturated heterocycles. The van der Waals surface area contributed by atoms with Gasteiger partial charge in [0, 0.05) is 24.5 Å². The lowest BCUT2D eigenvalue weighted by atomic mass is 9.90. The molecule has 7 heteroatoms. The molecule has 188 valence electrons. The first-order valence-corrected chi connectivity index (χ1v) is 11.9. The van der Waals surface area contributed by atoms with Crippen molar-refractivity contribution in [2.75, 3.05) is 30.4 Å². The zero-order valence-electron chi connectivity index (χ0n) is 20.4. The van der Waals surface area contributed by atoms with Gasteiger partial charge >= 0.3 is 6.03 Å². The predicted octanol–water partition coefficient (Wildman–Crippen LogP) is 5.82. The first-order valence-electron chi connectivity index (χ1n) is 11.9.